The fourth-order valence-corrected chi connectivity index (χ4v) is 4.86. The molecule has 1 aliphatic carbocycles. The van der Waals surface area contributed by atoms with E-state index in [2.05, 4.69) is 41.4 Å². The highest BCUT2D eigenvalue weighted by Gasteiger charge is 2.30. The SMILES string of the molecule is C[C@@H]1CCCN1CCC[C@H](NC(=O)OCC1c2ccccc2-c2ccccc21)C(=O)O.Cl. The van der Waals surface area contributed by atoms with Gasteiger partial charge in [-0.1, -0.05) is 48.5 Å². The fraction of sp³-hybridized carbons (Fsp3) is 0.440. The van der Waals surface area contributed by atoms with E-state index in [1.807, 2.05) is 24.3 Å². The molecule has 0 spiro atoms. The average Bonchev–Trinajstić information content (AvgIpc) is 3.32. The number of hydrogen-bond donors (Lipinski definition) is 2. The first-order valence-corrected chi connectivity index (χ1v) is 11.1. The zero-order valence-corrected chi connectivity index (χ0v) is 19.1. The van der Waals surface area contributed by atoms with E-state index in [0.717, 1.165) is 41.8 Å². The number of ether oxygens (including phenoxy) is 1. The van der Waals surface area contributed by atoms with Gasteiger partial charge in [-0.3, -0.25) is 0 Å². The number of amides is 1. The molecule has 4 rings (SSSR count). The van der Waals surface area contributed by atoms with E-state index in [-0.39, 0.29) is 24.9 Å². The molecule has 2 aliphatic rings. The van der Waals surface area contributed by atoms with Crippen molar-refractivity contribution in [2.45, 2.75) is 50.6 Å². The number of carbonyl (C=O) groups excluding carboxylic acids is 1. The maximum absolute atomic E-state index is 12.4. The number of hydrogen-bond acceptors (Lipinski definition) is 4. The number of carboxylic acid groups (broad SMARTS) is 1. The molecule has 2 atom stereocenters. The number of benzene rings is 2. The molecule has 1 heterocycles. The summed E-state index contributed by atoms with van der Waals surface area (Å²) in [6.45, 7) is 4.31. The molecule has 1 fully saturated rings. The molecule has 2 aromatic carbocycles. The lowest BCUT2D eigenvalue weighted by Crippen LogP contribution is -2.42. The Bertz CT molecular complexity index is 906. The third-order valence-electron chi connectivity index (χ3n) is 6.56. The molecule has 7 heteroatoms. The van der Waals surface area contributed by atoms with E-state index >= 15 is 0 Å². The standard InChI is InChI=1S/C25H30N2O4.ClH/c1-17-8-6-14-27(17)15-7-13-23(24(28)29)26-25(30)31-16-22-20-11-4-2-9-18(20)19-10-3-5-12-21(19)22;/h2-5,9-12,17,22-23H,6-8,13-16H2,1H3,(H,26,30)(H,28,29);1H/t17-,23+;/m1./s1. The van der Waals surface area contributed by atoms with E-state index in [4.69, 9.17) is 4.74 Å². The average molecular weight is 459 g/mol. The van der Waals surface area contributed by atoms with Gasteiger partial charge in [-0.25, -0.2) is 9.59 Å². The molecule has 2 N–H and O–H groups in total. The summed E-state index contributed by atoms with van der Waals surface area (Å²) in [5, 5.41) is 12.1. The number of likely N-dealkylation sites (tertiary alicyclic amines) is 1. The third kappa shape index (κ3) is 5.25. The smallest absolute Gasteiger partial charge is 0.407 e. The van der Waals surface area contributed by atoms with Crippen LogP contribution in [0.2, 0.25) is 0 Å². The second kappa shape index (κ2) is 10.8. The van der Waals surface area contributed by atoms with Gasteiger partial charge in [0.25, 0.3) is 0 Å². The van der Waals surface area contributed by atoms with E-state index in [9.17, 15) is 14.7 Å². The van der Waals surface area contributed by atoms with Crippen molar-refractivity contribution in [3.63, 3.8) is 0 Å². The van der Waals surface area contributed by atoms with E-state index in [0.29, 0.717) is 12.5 Å². The molecule has 1 aliphatic heterocycles. The fourth-order valence-electron chi connectivity index (χ4n) is 4.86. The number of carbonyl (C=O) groups is 2. The molecule has 0 radical (unpaired) electrons. The van der Waals surface area contributed by atoms with Gasteiger partial charge < -0.3 is 20.1 Å². The highest BCUT2D eigenvalue weighted by Crippen LogP contribution is 2.44. The van der Waals surface area contributed by atoms with Crippen molar-refractivity contribution < 1.29 is 19.4 Å². The Hall–Kier alpha value is -2.57. The lowest BCUT2D eigenvalue weighted by atomic mass is 9.98. The van der Waals surface area contributed by atoms with Crippen molar-refractivity contribution in [1.82, 2.24) is 10.2 Å². The van der Waals surface area contributed by atoms with Crippen LogP contribution in [0.4, 0.5) is 4.79 Å². The van der Waals surface area contributed by atoms with Crippen LogP contribution >= 0.6 is 12.4 Å². The van der Waals surface area contributed by atoms with Crippen LogP contribution in [-0.4, -0.2) is 53.8 Å². The maximum Gasteiger partial charge on any atom is 0.407 e. The minimum Gasteiger partial charge on any atom is -0.480 e. The van der Waals surface area contributed by atoms with Gasteiger partial charge in [0.05, 0.1) is 0 Å². The van der Waals surface area contributed by atoms with Crippen molar-refractivity contribution in [1.29, 1.82) is 0 Å². The molecular formula is C25H31ClN2O4. The van der Waals surface area contributed by atoms with Crippen LogP contribution in [0.15, 0.2) is 48.5 Å². The number of alkyl carbamates (subject to hydrolysis) is 1. The molecule has 0 aromatic heterocycles. The Balaban J connectivity index is 0.00000289. The van der Waals surface area contributed by atoms with Crippen LogP contribution in [0.25, 0.3) is 11.1 Å². The molecule has 0 saturated carbocycles. The van der Waals surface area contributed by atoms with Crippen LogP contribution in [0.5, 0.6) is 0 Å². The minimum atomic E-state index is -1.03. The molecular weight excluding hydrogens is 428 g/mol. The Labute approximate surface area is 195 Å². The maximum atomic E-state index is 12.4. The molecule has 0 bridgehead atoms. The van der Waals surface area contributed by atoms with Crippen molar-refractivity contribution in [3.8, 4) is 11.1 Å². The normalized spacial score (nSPS) is 18.3. The van der Waals surface area contributed by atoms with Crippen LogP contribution in [0.3, 0.4) is 0 Å². The number of fused-ring (bicyclic) bond motifs is 3. The summed E-state index contributed by atoms with van der Waals surface area (Å²) in [6, 6.07) is 15.9. The lowest BCUT2D eigenvalue weighted by Gasteiger charge is -2.22. The Morgan fingerprint density at radius 3 is 2.31 bits per heavy atom. The zero-order chi connectivity index (χ0) is 21.8. The van der Waals surface area contributed by atoms with Gasteiger partial charge in [0.2, 0.25) is 0 Å². The zero-order valence-electron chi connectivity index (χ0n) is 18.3. The quantitative estimate of drug-likeness (QED) is 0.601. The summed E-state index contributed by atoms with van der Waals surface area (Å²) in [6.07, 6.45) is 2.83. The van der Waals surface area contributed by atoms with Gasteiger partial charge in [-0.15, -0.1) is 12.4 Å². The molecule has 172 valence electrons. The third-order valence-corrected chi connectivity index (χ3v) is 6.56. The van der Waals surface area contributed by atoms with Crippen LogP contribution in [0.1, 0.15) is 49.7 Å². The number of nitrogens with one attached hydrogen (secondary N) is 1. The van der Waals surface area contributed by atoms with Crippen LogP contribution in [0, 0.1) is 0 Å². The summed E-state index contributed by atoms with van der Waals surface area (Å²) >= 11 is 0. The predicted octanol–water partition coefficient (Wildman–Crippen LogP) is 4.66. The van der Waals surface area contributed by atoms with Gasteiger partial charge in [0.1, 0.15) is 12.6 Å². The molecule has 0 unspecified atom stereocenters. The molecule has 2 aromatic rings. The van der Waals surface area contributed by atoms with Crippen molar-refractivity contribution in [3.05, 3.63) is 59.7 Å². The molecule has 32 heavy (non-hydrogen) atoms. The van der Waals surface area contributed by atoms with Gasteiger partial charge in [-0.05, 0) is 68.0 Å². The summed E-state index contributed by atoms with van der Waals surface area (Å²) in [7, 11) is 0. The molecule has 1 saturated heterocycles. The van der Waals surface area contributed by atoms with Gasteiger partial charge in [0, 0.05) is 12.0 Å². The van der Waals surface area contributed by atoms with Crippen molar-refractivity contribution in [2.75, 3.05) is 19.7 Å². The van der Waals surface area contributed by atoms with Gasteiger partial charge >= 0.3 is 12.1 Å². The van der Waals surface area contributed by atoms with E-state index in [1.54, 1.807) is 0 Å². The Kier molecular flexibility index (Phi) is 8.15. The number of carboxylic acids is 1. The van der Waals surface area contributed by atoms with Gasteiger partial charge in [-0.2, -0.15) is 0 Å². The first kappa shape index (κ1) is 24.1. The summed E-state index contributed by atoms with van der Waals surface area (Å²) < 4.78 is 5.49. The first-order chi connectivity index (χ1) is 15.0. The number of rotatable bonds is 8. The van der Waals surface area contributed by atoms with E-state index in [1.165, 1.54) is 12.8 Å². The van der Waals surface area contributed by atoms with Crippen molar-refractivity contribution in [2.24, 2.45) is 0 Å². The monoisotopic (exact) mass is 458 g/mol. The van der Waals surface area contributed by atoms with Crippen LogP contribution in [-0.2, 0) is 9.53 Å². The predicted molar refractivity (Wildman–Crippen MR) is 126 cm³/mol. The second-order valence-electron chi connectivity index (χ2n) is 8.53. The number of nitrogens with zero attached hydrogens (tertiary/aromatic N) is 1. The second-order valence-corrected chi connectivity index (χ2v) is 8.53. The highest BCUT2D eigenvalue weighted by atomic mass is 35.5. The summed E-state index contributed by atoms with van der Waals surface area (Å²) in [5.74, 6) is -1.07. The van der Waals surface area contributed by atoms with Crippen LogP contribution < -0.4 is 5.32 Å². The summed E-state index contributed by atoms with van der Waals surface area (Å²) in [4.78, 5) is 26.4. The topological polar surface area (TPSA) is 78.9 Å². The minimum absolute atomic E-state index is 0. The number of halogens is 1. The lowest BCUT2D eigenvalue weighted by molar-refractivity contribution is -0.139. The summed E-state index contributed by atoms with van der Waals surface area (Å²) in [5.41, 5.74) is 4.58. The Morgan fingerprint density at radius 1 is 1.12 bits per heavy atom. The van der Waals surface area contributed by atoms with E-state index < -0.39 is 18.1 Å². The molecule has 6 nitrogen and oxygen atoms in total. The largest absolute Gasteiger partial charge is 0.480 e. The Morgan fingerprint density at radius 2 is 1.75 bits per heavy atom. The highest BCUT2D eigenvalue weighted by molar-refractivity contribution is 5.85. The number of aliphatic carboxylic acids is 1. The van der Waals surface area contributed by atoms with Crippen molar-refractivity contribution >= 4 is 24.5 Å². The first-order valence-electron chi connectivity index (χ1n) is 11.1. The molecule has 1 amide bonds. The van der Waals surface area contributed by atoms with Gasteiger partial charge in [0.15, 0.2) is 0 Å².